The van der Waals surface area contributed by atoms with E-state index >= 15 is 0 Å². The fourth-order valence-electron chi connectivity index (χ4n) is 6.60. The average molecular weight is 700 g/mol. The SMILES string of the molecule is CC(=O)CN(C)C(=N/C=C(\C=O)NC(C)c1ccc(-c2ccccc2C2CCC2)c(C)c1)c1ccccc1F.CCCCc1cc2cnccc2[nH]1. The summed E-state index contributed by atoms with van der Waals surface area (Å²) < 4.78 is 14.6. The Balaban J connectivity index is 0.000000335. The molecule has 0 aliphatic heterocycles. The topological polar surface area (TPSA) is 90.4 Å². The number of hydrogen-bond acceptors (Lipinski definition) is 5. The number of unbranched alkanes of at least 4 members (excludes halogenated alkanes) is 1. The maximum atomic E-state index is 14.6. The number of halogens is 1. The van der Waals surface area contributed by atoms with Crippen LogP contribution >= 0.6 is 0 Å². The molecule has 270 valence electrons. The summed E-state index contributed by atoms with van der Waals surface area (Å²) in [4.78, 5) is 37.1. The van der Waals surface area contributed by atoms with Crippen LogP contribution in [0, 0.1) is 12.7 Å². The molecule has 0 spiro atoms. The number of fused-ring (bicyclic) bond motifs is 1. The lowest BCUT2D eigenvalue weighted by Crippen LogP contribution is -2.32. The van der Waals surface area contributed by atoms with E-state index in [-0.39, 0.29) is 35.5 Å². The van der Waals surface area contributed by atoms with E-state index in [0.29, 0.717) is 12.2 Å². The number of amidine groups is 1. The number of aryl methyl sites for hydroxylation is 2. The summed E-state index contributed by atoms with van der Waals surface area (Å²) >= 11 is 0. The van der Waals surface area contributed by atoms with E-state index in [1.807, 2.05) is 25.4 Å². The summed E-state index contributed by atoms with van der Waals surface area (Å²) in [6.45, 7) is 7.85. The number of allylic oxidation sites excluding steroid dienone is 1. The zero-order valence-corrected chi connectivity index (χ0v) is 31.0. The maximum Gasteiger partial charge on any atom is 0.167 e. The number of Topliss-reactive ketones (excluding diaryl/α,β-unsaturated/α-hetero) is 1. The van der Waals surface area contributed by atoms with Crippen molar-refractivity contribution in [2.45, 2.75) is 78.2 Å². The first-order valence-corrected chi connectivity index (χ1v) is 18.2. The highest BCUT2D eigenvalue weighted by Crippen LogP contribution is 2.42. The molecule has 1 aliphatic carbocycles. The molecule has 8 heteroatoms. The van der Waals surface area contributed by atoms with Crippen molar-refractivity contribution in [1.29, 1.82) is 0 Å². The minimum absolute atomic E-state index is 0.0662. The number of aromatic amines is 1. The quantitative estimate of drug-likeness (QED) is 0.0553. The molecule has 0 bridgehead atoms. The van der Waals surface area contributed by atoms with Gasteiger partial charge in [-0.3, -0.25) is 14.6 Å². The van der Waals surface area contributed by atoms with Crippen LogP contribution in [0.15, 0.2) is 108 Å². The highest BCUT2D eigenvalue weighted by atomic mass is 19.1. The average Bonchev–Trinajstić information content (AvgIpc) is 3.53. The monoisotopic (exact) mass is 699 g/mol. The van der Waals surface area contributed by atoms with E-state index in [0.717, 1.165) is 12.0 Å². The number of likely N-dealkylation sites (N-methyl/N-ethyl adjacent to an activating group) is 1. The summed E-state index contributed by atoms with van der Waals surface area (Å²) in [5, 5.41) is 4.44. The highest BCUT2D eigenvalue weighted by Gasteiger charge is 2.23. The summed E-state index contributed by atoms with van der Waals surface area (Å²) in [5.74, 6) is 0.373. The molecule has 1 atom stereocenters. The van der Waals surface area contributed by atoms with Gasteiger partial charge in [0.05, 0.1) is 24.0 Å². The van der Waals surface area contributed by atoms with Crippen LogP contribution in [0.25, 0.3) is 22.0 Å². The van der Waals surface area contributed by atoms with Crippen molar-refractivity contribution in [3.8, 4) is 11.1 Å². The Morgan fingerprint density at radius 1 is 1.08 bits per heavy atom. The van der Waals surface area contributed by atoms with Gasteiger partial charge in [-0.2, -0.15) is 0 Å². The normalized spacial score (nSPS) is 13.9. The van der Waals surface area contributed by atoms with Gasteiger partial charge in [-0.25, -0.2) is 9.38 Å². The molecule has 6 rings (SSSR count). The summed E-state index contributed by atoms with van der Waals surface area (Å²) in [5.41, 5.74) is 9.19. The number of aldehydes is 1. The number of ketones is 1. The molecule has 1 saturated carbocycles. The number of nitrogens with one attached hydrogen (secondary N) is 2. The van der Waals surface area contributed by atoms with Gasteiger partial charge >= 0.3 is 0 Å². The Kier molecular flexibility index (Phi) is 13.3. The lowest BCUT2D eigenvalue weighted by molar-refractivity contribution is -0.117. The second-order valence-electron chi connectivity index (χ2n) is 13.7. The molecule has 5 aromatic rings. The molecule has 2 heterocycles. The second kappa shape index (κ2) is 18.2. The Labute approximate surface area is 307 Å². The predicted molar refractivity (Wildman–Crippen MR) is 210 cm³/mol. The van der Waals surface area contributed by atoms with E-state index < -0.39 is 5.82 Å². The number of benzene rings is 3. The Hall–Kier alpha value is -5.37. The molecule has 1 unspecified atom stereocenters. The van der Waals surface area contributed by atoms with Crippen molar-refractivity contribution in [3.63, 3.8) is 0 Å². The predicted octanol–water partition coefficient (Wildman–Crippen LogP) is 9.63. The van der Waals surface area contributed by atoms with Crippen LogP contribution in [0.3, 0.4) is 0 Å². The molecule has 3 aromatic carbocycles. The second-order valence-corrected chi connectivity index (χ2v) is 13.7. The number of nitrogens with zero attached hydrogens (tertiary/aromatic N) is 3. The number of pyridine rings is 1. The zero-order valence-electron chi connectivity index (χ0n) is 31.0. The van der Waals surface area contributed by atoms with Crippen molar-refractivity contribution in [3.05, 3.63) is 137 Å². The standard InChI is InChI=1S/C33H36FN3O2.C11H14N2/c1-22-18-26(16-17-28(22)30-13-6-5-12-29(30)25-10-9-11-25)24(3)36-27(21-38)19-35-33(37(4)20-23(2)39)31-14-7-8-15-32(31)34;1-2-3-4-10-7-9-8-12-6-5-11(9)13-10/h5-8,12-19,21,24-25,36H,9-11,20H2,1-4H3;5-8,13H,2-4H2,1H3/b27-19+,35-33?;. The zero-order chi connectivity index (χ0) is 37.0. The first kappa shape index (κ1) is 37.9. The smallest absolute Gasteiger partial charge is 0.167 e. The summed E-state index contributed by atoms with van der Waals surface area (Å²) in [7, 11) is 1.67. The van der Waals surface area contributed by atoms with Gasteiger partial charge in [-0.05, 0) is 104 Å². The van der Waals surface area contributed by atoms with Crippen LogP contribution in [-0.2, 0) is 16.0 Å². The maximum absolute atomic E-state index is 14.6. The third-order valence-electron chi connectivity index (χ3n) is 9.60. The van der Waals surface area contributed by atoms with E-state index in [9.17, 15) is 14.0 Å². The van der Waals surface area contributed by atoms with Gasteiger partial charge in [0.25, 0.3) is 0 Å². The van der Waals surface area contributed by atoms with Crippen LogP contribution in [0.2, 0.25) is 0 Å². The third-order valence-corrected chi connectivity index (χ3v) is 9.60. The number of hydrogen-bond donors (Lipinski definition) is 2. The first-order chi connectivity index (χ1) is 25.2. The number of rotatable bonds is 13. The van der Waals surface area contributed by atoms with Gasteiger partial charge in [0.15, 0.2) is 6.29 Å². The van der Waals surface area contributed by atoms with Gasteiger partial charge < -0.3 is 15.2 Å². The van der Waals surface area contributed by atoms with Crippen LogP contribution < -0.4 is 5.32 Å². The molecular formula is C44H50FN5O2. The molecule has 1 fully saturated rings. The Bertz CT molecular complexity index is 2010. The van der Waals surface area contributed by atoms with E-state index in [1.54, 1.807) is 30.1 Å². The number of carbonyl (C=O) groups excluding carboxylic acids is 2. The fourth-order valence-corrected chi connectivity index (χ4v) is 6.60. The first-order valence-electron chi connectivity index (χ1n) is 18.2. The van der Waals surface area contributed by atoms with E-state index in [1.165, 1.54) is 90.1 Å². The molecule has 2 aromatic heterocycles. The minimum atomic E-state index is -0.455. The van der Waals surface area contributed by atoms with Gasteiger partial charge in [-0.15, -0.1) is 0 Å². The highest BCUT2D eigenvalue weighted by molar-refractivity contribution is 6.01. The molecule has 1 aliphatic rings. The van der Waals surface area contributed by atoms with Crippen LogP contribution in [0.4, 0.5) is 4.39 Å². The molecule has 7 nitrogen and oxygen atoms in total. The van der Waals surface area contributed by atoms with Gasteiger partial charge in [-0.1, -0.05) is 74.4 Å². The van der Waals surface area contributed by atoms with Crippen LogP contribution in [0.5, 0.6) is 0 Å². The van der Waals surface area contributed by atoms with Crippen LogP contribution in [-0.4, -0.2) is 46.4 Å². The fraction of sp³-hybridized carbons (Fsp3) is 0.318. The summed E-state index contributed by atoms with van der Waals surface area (Å²) in [6.07, 6.45) is 13.2. The van der Waals surface area contributed by atoms with Crippen LogP contribution in [0.1, 0.15) is 92.8 Å². The molecular weight excluding hydrogens is 650 g/mol. The summed E-state index contributed by atoms with van der Waals surface area (Å²) in [6, 6.07) is 25.4. The van der Waals surface area contributed by atoms with Gasteiger partial charge in [0, 0.05) is 42.1 Å². The Morgan fingerprint density at radius 3 is 2.52 bits per heavy atom. The van der Waals surface area contributed by atoms with Crippen molar-refractivity contribution in [2.24, 2.45) is 4.99 Å². The minimum Gasteiger partial charge on any atom is -0.375 e. The van der Waals surface area contributed by atoms with Gasteiger partial charge in [0.2, 0.25) is 0 Å². The number of aromatic nitrogens is 2. The van der Waals surface area contributed by atoms with Crippen molar-refractivity contribution in [1.82, 2.24) is 20.2 Å². The van der Waals surface area contributed by atoms with Crippen molar-refractivity contribution >= 4 is 28.8 Å². The molecule has 0 saturated heterocycles. The molecule has 52 heavy (non-hydrogen) atoms. The van der Waals surface area contributed by atoms with E-state index in [4.69, 9.17) is 0 Å². The largest absolute Gasteiger partial charge is 0.375 e. The molecule has 0 amide bonds. The molecule has 2 N–H and O–H groups in total. The Morgan fingerprint density at radius 2 is 1.85 bits per heavy atom. The van der Waals surface area contributed by atoms with Crippen molar-refractivity contribution < 1.29 is 14.0 Å². The third kappa shape index (κ3) is 9.69. The van der Waals surface area contributed by atoms with Gasteiger partial charge in [0.1, 0.15) is 17.4 Å². The lowest BCUT2D eigenvalue weighted by atomic mass is 9.77. The lowest BCUT2D eigenvalue weighted by Gasteiger charge is -2.28. The van der Waals surface area contributed by atoms with E-state index in [2.05, 4.69) is 82.7 Å². The number of H-pyrrole nitrogens is 1. The number of carbonyl (C=O) groups is 2. The number of aliphatic imine (C=N–C) groups is 1. The molecule has 0 radical (unpaired) electrons. The van der Waals surface area contributed by atoms with Crippen molar-refractivity contribution in [2.75, 3.05) is 13.6 Å².